The van der Waals surface area contributed by atoms with E-state index in [9.17, 15) is 23.8 Å². The maximum Gasteiger partial charge on any atom is 0.352 e. The Hall–Kier alpha value is -2.47. The van der Waals surface area contributed by atoms with E-state index < -0.39 is 43.9 Å². The Labute approximate surface area is 229 Å². The summed E-state index contributed by atoms with van der Waals surface area (Å²) in [4.78, 5) is 48.2. The second-order valence-corrected chi connectivity index (χ2v) is 12.3. The minimum absolute atomic E-state index is 0.00914. The summed E-state index contributed by atoms with van der Waals surface area (Å²) in [6.45, 7) is 5.60. The van der Waals surface area contributed by atoms with Gasteiger partial charge in [-0.2, -0.15) is 5.10 Å². The van der Waals surface area contributed by atoms with Crippen LogP contribution in [0, 0.1) is 5.41 Å². The molecule has 1 fully saturated rings. The maximum atomic E-state index is 13.1. The third-order valence-corrected chi connectivity index (χ3v) is 7.26. The van der Waals surface area contributed by atoms with Crippen molar-refractivity contribution < 1.29 is 33.1 Å². The lowest BCUT2D eigenvalue weighted by Crippen LogP contribution is -2.43. The standard InChI is InChI=1S/C23H30Cl2N5O7P/c1-23(2,3)22(33)36-13-37-38(34,35)12-30-11-17(28-20(31)18-15(24)5-4-6-16(18)25)19(29-30)21(32)27-14-7-9-26-10-8-14/h4-6,11,14,26H,7-10,12-13H2,1-3H3,(H,27,32)(H,28,31)(H,34,35). The predicted octanol–water partition coefficient (Wildman–Crippen LogP) is 3.63. The molecule has 4 N–H and O–H groups in total. The molecule has 208 valence electrons. The number of amides is 2. The number of ether oxygens (including phenoxy) is 1. The Morgan fingerprint density at radius 1 is 1.18 bits per heavy atom. The third-order valence-electron chi connectivity index (χ3n) is 5.47. The molecular formula is C23H30Cl2N5O7P. The summed E-state index contributed by atoms with van der Waals surface area (Å²) in [5.74, 6) is -1.89. The number of nitrogens with one attached hydrogen (secondary N) is 3. The number of nitrogens with zero attached hydrogens (tertiary/aromatic N) is 2. The van der Waals surface area contributed by atoms with Crippen molar-refractivity contribution in [3.63, 3.8) is 0 Å². The zero-order valence-electron chi connectivity index (χ0n) is 21.1. The molecular weight excluding hydrogens is 560 g/mol. The molecule has 1 unspecified atom stereocenters. The van der Waals surface area contributed by atoms with Crippen molar-refractivity contribution in [2.45, 2.75) is 45.9 Å². The molecule has 38 heavy (non-hydrogen) atoms. The number of halogens is 2. The number of anilines is 1. The van der Waals surface area contributed by atoms with Crippen molar-refractivity contribution in [1.29, 1.82) is 0 Å². The molecule has 1 aliphatic rings. The lowest BCUT2D eigenvalue weighted by Gasteiger charge is -2.23. The molecule has 1 aliphatic heterocycles. The summed E-state index contributed by atoms with van der Waals surface area (Å²) >= 11 is 12.3. The first kappa shape index (κ1) is 30.1. The van der Waals surface area contributed by atoms with E-state index in [0.717, 1.165) is 17.8 Å². The first-order valence-electron chi connectivity index (χ1n) is 11.7. The highest BCUT2D eigenvalue weighted by molar-refractivity contribution is 7.51. The molecule has 12 nitrogen and oxygen atoms in total. The van der Waals surface area contributed by atoms with Crippen molar-refractivity contribution in [1.82, 2.24) is 20.4 Å². The molecule has 2 heterocycles. The maximum absolute atomic E-state index is 13.1. The SMILES string of the molecule is CC(C)(C)C(=O)OCOP(=O)(O)Cn1cc(NC(=O)c2c(Cl)cccc2Cl)c(C(=O)NC2CCNCC2)n1. The van der Waals surface area contributed by atoms with Crippen LogP contribution in [0.3, 0.4) is 0 Å². The van der Waals surface area contributed by atoms with E-state index in [1.807, 2.05) is 0 Å². The molecule has 0 spiro atoms. The average molecular weight is 590 g/mol. The summed E-state index contributed by atoms with van der Waals surface area (Å²) in [5.41, 5.74) is -1.04. The monoisotopic (exact) mass is 589 g/mol. The van der Waals surface area contributed by atoms with Gasteiger partial charge in [0.1, 0.15) is 6.29 Å². The van der Waals surface area contributed by atoms with Crippen LogP contribution in [0.2, 0.25) is 10.0 Å². The fraction of sp³-hybridized carbons (Fsp3) is 0.478. The van der Waals surface area contributed by atoms with Gasteiger partial charge in [0.15, 0.2) is 5.69 Å². The highest BCUT2D eigenvalue weighted by Gasteiger charge is 2.29. The molecule has 15 heteroatoms. The first-order valence-corrected chi connectivity index (χ1v) is 14.3. The second kappa shape index (κ2) is 12.6. The molecule has 1 aromatic carbocycles. The molecule has 1 atom stereocenters. The summed E-state index contributed by atoms with van der Waals surface area (Å²) in [6.07, 6.45) is 1.94. The van der Waals surface area contributed by atoms with E-state index in [1.54, 1.807) is 26.8 Å². The van der Waals surface area contributed by atoms with Crippen LogP contribution in [-0.2, 0) is 24.9 Å². The smallest absolute Gasteiger partial charge is 0.352 e. The fourth-order valence-corrected chi connectivity index (χ4v) is 4.85. The average Bonchev–Trinajstić information content (AvgIpc) is 3.20. The van der Waals surface area contributed by atoms with E-state index in [0.29, 0.717) is 12.8 Å². The molecule has 0 bridgehead atoms. The zero-order valence-corrected chi connectivity index (χ0v) is 23.5. The number of hydrogen-bond acceptors (Lipinski definition) is 8. The number of hydrogen-bond donors (Lipinski definition) is 4. The Morgan fingerprint density at radius 2 is 1.82 bits per heavy atom. The van der Waals surface area contributed by atoms with Gasteiger partial charge in [-0.15, -0.1) is 0 Å². The van der Waals surface area contributed by atoms with Crippen LogP contribution in [0.5, 0.6) is 0 Å². The lowest BCUT2D eigenvalue weighted by molar-refractivity contribution is -0.159. The summed E-state index contributed by atoms with van der Waals surface area (Å²) in [7, 11) is -4.37. The minimum Gasteiger partial charge on any atom is -0.438 e. The first-order chi connectivity index (χ1) is 17.8. The van der Waals surface area contributed by atoms with Gasteiger partial charge in [-0.25, -0.2) is 0 Å². The van der Waals surface area contributed by atoms with Crippen LogP contribution < -0.4 is 16.0 Å². The van der Waals surface area contributed by atoms with Crippen molar-refractivity contribution in [2.75, 3.05) is 25.2 Å². The minimum atomic E-state index is -4.37. The molecule has 2 amide bonds. The molecule has 0 aliphatic carbocycles. The van der Waals surface area contributed by atoms with Gasteiger partial charge in [-0.1, -0.05) is 29.3 Å². The Bertz CT molecular complexity index is 1220. The van der Waals surface area contributed by atoms with Crippen LogP contribution in [0.15, 0.2) is 24.4 Å². The zero-order chi connectivity index (χ0) is 28.1. The Kier molecular flexibility index (Phi) is 9.96. The molecule has 0 saturated carbocycles. The van der Waals surface area contributed by atoms with Crippen molar-refractivity contribution in [3.05, 3.63) is 45.7 Å². The Balaban J connectivity index is 1.80. The van der Waals surface area contributed by atoms with Crippen LogP contribution in [0.1, 0.15) is 54.5 Å². The van der Waals surface area contributed by atoms with Crippen molar-refractivity contribution in [2.24, 2.45) is 5.41 Å². The van der Waals surface area contributed by atoms with E-state index in [-0.39, 0.29) is 33.0 Å². The van der Waals surface area contributed by atoms with Gasteiger partial charge in [0, 0.05) is 6.04 Å². The number of aromatic nitrogens is 2. The van der Waals surface area contributed by atoms with Crippen LogP contribution in [-0.4, -0.2) is 58.4 Å². The third kappa shape index (κ3) is 8.26. The van der Waals surface area contributed by atoms with E-state index >= 15 is 0 Å². The van der Waals surface area contributed by atoms with Gasteiger partial charge in [-0.05, 0) is 58.8 Å². The van der Waals surface area contributed by atoms with E-state index in [1.165, 1.54) is 18.3 Å². The summed E-state index contributed by atoms with van der Waals surface area (Å²) < 4.78 is 23.4. The van der Waals surface area contributed by atoms with Gasteiger partial charge in [0.05, 0.1) is 32.9 Å². The highest BCUT2D eigenvalue weighted by Crippen LogP contribution is 2.44. The topological polar surface area (TPSA) is 161 Å². The molecule has 1 aromatic heterocycles. The molecule has 2 aromatic rings. The van der Waals surface area contributed by atoms with Gasteiger partial charge in [-0.3, -0.25) is 28.2 Å². The van der Waals surface area contributed by atoms with Crippen molar-refractivity contribution in [3.8, 4) is 0 Å². The lowest BCUT2D eigenvalue weighted by atomic mass is 9.98. The molecule has 0 radical (unpaired) electrons. The predicted molar refractivity (Wildman–Crippen MR) is 141 cm³/mol. The molecule has 1 saturated heterocycles. The number of benzene rings is 1. The number of carbonyl (C=O) groups is 3. The van der Waals surface area contributed by atoms with Crippen LogP contribution in [0.4, 0.5) is 5.69 Å². The fourth-order valence-electron chi connectivity index (χ4n) is 3.48. The summed E-state index contributed by atoms with van der Waals surface area (Å²) in [5, 5.41) is 12.9. The number of rotatable bonds is 9. The Morgan fingerprint density at radius 3 is 2.42 bits per heavy atom. The quantitative estimate of drug-likeness (QED) is 0.194. The largest absolute Gasteiger partial charge is 0.438 e. The van der Waals surface area contributed by atoms with E-state index in [4.69, 9.17) is 32.5 Å². The second-order valence-electron chi connectivity index (χ2n) is 9.69. The van der Waals surface area contributed by atoms with Gasteiger partial charge >= 0.3 is 13.6 Å². The number of piperidine rings is 1. The van der Waals surface area contributed by atoms with Crippen LogP contribution in [0.25, 0.3) is 0 Å². The number of esters is 1. The van der Waals surface area contributed by atoms with Gasteiger partial charge in [0.2, 0.25) is 6.79 Å². The van der Waals surface area contributed by atoms with Gasteiger partial charge in [0.25, 0.3) is 11.8 Å². The van der Waals surface area contributed by atoms with Crippen molar-refractivity contribution >= 4 is 54.3 Å². The number of carbonyl (C=O) groups excluding carboxylic acids is 3. The van der Waals surface area contributed by atoms with Gasteiger partial charge < -0.3 is 25.6 Å². The van der Waals surface area contributed by atoms with E-state index in [2.05, 4.69) is 21.0 Å². The summed E-state index contributed by atoms with van der Waals surface area (Å²) in [6, 6.07) is 4.44. The molecule has 3 rings (SSSR count). The van der Waals surface area contributed by atoms with Crippen LogP contribution >= 0.6 is 30.8 Å². The normalized spacial score (nSPS) is 15.9. The highest BCUT2D eigenvalue weighted by atomic mass is 35.5.